The van der Waals surface area contributed by atoms with Crippen LogP contribution in [0.1, 0.15) is 42.1 Å². The summed E-state index contributed by atoms with van der Waals surface area (Å²) in [7, 11) is 0. The molecule has 2 heterocycles. The van der Waals surface area contributed by atoms with Crippen LogP contribution in [0.4, 0.5) is 15.8 Å². The molecule has 2 aromatic rings. The molecule has 28 heavy (non-hydrogen) atoms. The van der Waals surface area contributed by atoms with Crippen molar-refractivity contribution in [1.29, 1.82) is 0 Å². The summed E-state index contributed by atoms with van der Waals surface area (Å²) in [5.74, 6) is -0.554. The standard InChI is InChI=1S/C23H28FN3O/c1-16-14-20(27(13-3-4-17(27)2)21-11-12-25-15-21)9-10-22(16)26-23(28)18-5-7-19(24)8-6-18/h5-10,14,17,21,25H,3-4,11-13,15H2,1-2H3/p+1/t17-,21-,27?/m0/s1. The Balaban J connectivity index is 1.60. The smallest absolute Gasteiger partial charge is 0.255 e. The minimum Gasteiger partial charge on any atom is -0.322 e. The molecule has 0 aliphatic carbocycles. The summed E-state index contributed by atoms with van der Waals surface area (Å²) in [6.45, 7) is 7.79. The molecule has 2 N–H and O–H groups in total. The molecule has 0 bridgehead atoms. The zero-order chi connectivity index (χ0) is 19.7. The van der Waals surface area contributed by atoms with Crippen molar-refractivity contribution in [3.05, 3.63) is 59.4 Å². The molecular formula is C23H29FN3O+. The third-order valence-corrected chi connectivity index (χ3v) is 6.67. The van der Waals surface area contributed by atoms with Gasteiger partial charge in [-0.3, -0.25) is 9.28 Å². The summed E-state index contributed by atoms with van der Waals surface area (Å²) in [6.07, 6.45) is 3.74. The van der Waals surface area contributed by atoms with Gasteiger partial charge >= 0.3 is 0 Å². The lowest BCUT2D eigenvalue weighted by Gasteiger charge is -2.43. The van der Waals surface area contributed by atoms with E-state index < -0.39 is 0 Å². The van der Waals surface area contributed by atoms with Crippen molar-refractivity contribution in [2.75, 3.05) is 25.0 Å². The highest BCUT2D eigenvalue weighted by Gasteiger charge is 2.48. The number of hydrogen-bond acceptors (Lipinski definition) is 2. The van der Waals surface area contributed by atoms with E-state index in [0.29, 0.717) is 17.6 Å². The number of anilines is 1. The number of hydrogen-bond donors (Lipinski definition) is 2. The van der Waals surface area contributed by atoms with E-state index in [2.05, 4.69) is 29.7 Å². The van der Waals surface area contributed by atoms with Gasteiger partial charge in [0.05, 0.1) is 12.6 Å². The largest absolute Gasteiger partial charge is 0.322 e. The number of aryl methyl sites for hydroxylation is 1. The van der Waals surface area contributed by atoms with Crippen LogP contribution >= 0.6 is 0 Å². The van der Waals surface area contributed by atoms with Gasteiger partial charge in [-0.2, -0.15) is 0 Å². The fraction of sp³-hybridized carbons (Fsp3) is 0.435. The van der Waals surface area contributed by atoms with E-state index in [1.807, 2.05) is 13.0 Å². The monoisotopic (exact) mass is 382 g/mol. The summed E-state index contributed by atoms with van der Waals surface area (Å²) in [4.78, 5) is 12.5. The molecule has 4 rings (SSSR count). The Kier molecular flexibility index (Phi) is 5.21. The Morgan fingerprint density at radius 1 is 1.18 bits per heavy atom. The topological polar surface area (TPSA) is 41.1 Å². The van der Waals surface area contributed by atoms with Crippen molar-refractivity contribution in [2.45, 2.75) is 45.2 Å². The average molecular weight is 383 g/mol. The van der Waals surface area contributed by atoms with E-state index in [-0.39, 0.29) is 11.7 Å². The molecule has 2 fully saturated rings. The molecule has 0 aromatic heterocycles. The summed E-state index contributed by atoms with van der Waals surface area (Å²) < 4.78 is 14.1. The van der Waals surface area contributed by atoms with Gasteiger partial charge in [0.1, 0.15) is 17.5 Å². The Morgan fingerprint density at radius 2 is 1.96 bits per heavy atom. The second-order valence-electron chi connectivity index (χ2n) is 8.25. The van der Waals surface area contributed by atoms with Crippen molar-refractivity contribution in [3.63, 3.8) is 0 Å². The van der Waals surface area contributed by atoms with Crippen LogP contribution in [0.5, 0.6) is 0 Å². The first-order valence-corrected chi connectivity index (χ1v) is 10.3. The zero-order valence-electron chi connectivity index (χ0n) is 16.7. The second kappa shape index (κ2) is 7.64. The van der Waals surface area contributed by atoms with Crippen LogP contribution in [0.15, 0.2) is 42.5 Å². The molecule has 1 unspecified atom stereocenters. The van der Waals surface area contributed by atoms with Crippen LogP contribution in [0.2, 0.25) is 0 Å². The molecule has 3 atom stereocenters. The first-order chi connectivity index (χ1) is 13.5. The molecule has 0 saturated carbocycles. The minimum absolute atomic E-state index is 0.214. The molecule has 2 aliphatic heterocycles. The normalized spacial score (nSPS) is 27.1. The third-order valence-electron chi connectivity index (χ3n) is 6.67. The maximum Gasteiger partial charge on any atom is 0.255 e. The molecule has 2 aliphatic rings. The number of amides is 1. The summed E-state index contributed by atoms with van der Waals surface area (Å²) in [5.41, 5.74) is 3.69. The summed E-state index contributed by atoms with van der Waals surface area (Å²) >= 11 is 0. The number of rotatable bonds is 4. The number of carbonyl (C=O) groups is 1. The number of halogens is 1. The Bertz CT molecular complexity index is 861. The van der Waals surface area contributed by atoms with Crippen LogP contribution in [0, 0.1) is 12.7 Å². The SMILES string of the molecule is Cc1cc([N+]2([C@H]3CCNC3)CCC[C@@H]2C)ccc1NC(=O)c1ccc(F)cc1. The Morgan fingerprint density at radius 3 is 2.57 bits per heavy atom. The minimum atomic E-state index is -0.341. The van der Waals surface area contributed by atoms with Crippen molar-refractivity contribution >= 4 is 17.3 Å². The van der Waals surface area contributed by atoms with Crippen LogP contribution < -0.4 is 15.1 Å². The molecule has 148 valence electrons. The summed E-state index contributed by atoms with van der Waals surface area (Å²) in [6, 6.07) is 13.3. The fourth-order valence-electron chi connectivity index (χ4n) is 5.11. The summed E-state index contributed by atoms with van der Waals surface area (Å²) in [5, 5.41) is 6.52. The van der Waals surface area contributed by atoms with Gasteiger partial charge < -0.3 is 10.6 Å². The molecule has 0 radical (unpaired) electrons. The van der Waals surface area contributed by atoms with Crippen molar-refractivity contribution in [2.24, 2.45) is 0 Å². The number of nitrogens with zero attached hydrogens (tertiary/aromatic N) is 1. The van der Waals surface area contributed by atoms with E-state index >= 15 is 0 Å². The second-order valence-corrected chi connectivity index (χ2v) is 8.25. The molecular weight excluding hydrogens is 353 g/mol. The van der Waals surface area contributed by atoms with Crippen LogP contribution in [0.3, 0.4) is 0 Å². The number of nitrogens with one attached hydrogen (secondary N) is 2. The molecule has 0 spiro atoms. The van der Waals surface area contributed by atoms with Gasteiger partial charge in [0.2, 0.25) is 0 Å². The van der Waals surface area contributed by atoms with E-state index in [1.165, 1.54) is 55.8 Å². The lowest BCUT2D eigenvalue weighted by Crippen LogP contribution is -2.59. The molecule has 5 heteroatoms. The lowest BCUT2D eigenvalue weighted by molar-refractivity contribution is 0.102. The van der Waals surface area contributed by atoms with Crippen LogP contribution in [-0.2, 0) is 0 Å². The fourth-order valence-corrected chi connectivity index (χ4v) is 5.11. The predicted molar refractivity (Wildman–Crippen MR) is 112 cm³/mol. The number of likely N-dealkylation sites (tertiary alicyclic amines) is 1. The number of quaternary nitrogens is 1. The maximum absolute atomic E-state index is 13.1. The van der Waals surface area contributed by atoms with Crippen LogP contribution in [0.25, 0.3) is 0 Å². The highest BCUT2D eigenvalue weighted by Crippen LogP contribution is 2.40. The maximum atomic E-state index is 13.1. The first kappa shape index (κ1) is 19.1. The van der Waals surface area contributed by atoms with Crippen LogP contribution in [-0.4, -0.2) is 37.6 Å². The van der Waals surface area contributed by atoms with E-state index in [1.54, 1.807) is 0 Å². The van der Waals surface area contributed by atoms with Gasteiger partial charge in [0, 0.05) is 55.7 Å². The zero-order valence-corrected chi connectivity index (χ0v) is 16.7. The highest BCUT2D eigenvalue weighted by atomic mass is 19.1. The Labute approximate surface area is 166 Å². The van der Waals surface area contributed by atoms with Gasteiger partial charge in [0.25, 0.3) is 5.91 Å². The van der Waals surface area contributed by atoms with Crippen molar-refractivity contribution in [3.8, 4) is 0 Å². The Hall–Kier alpha value is -2.24. The van der Waals surface area contributed by atoms with E-state index in [9.17, 15) is 9.18 Å². The van der Waals surface area contributed by atoms with E-state index in [4.69, 9.17) is 0 Å². The predicted octanol–water partition coefficient (Wildman–Crippen LogP) is 4.24. The van der Waals surface area contributed by atoms with Gasteiger partial charge in [-0.15, -0.1) is 0 Å². The van der Waals surface area contributed by atoms with Gasteiger partial charge in [-0.25, -0.2) is 4.39 Å². The van der Waals surface area contributed by atoms with Crippen molar-refractivity contribution < 1.29 is 9.18 Å². The van der Waals surface area contributed by atoms with Crippen molar-refractivity contribution in [1.82, 2.24) is 9.80 Å². The first-order valence-electron chi connectivity index (χ1n) is 10.3. The molecule has 2 saturated heterocycles. The number of benzene rings is 2. The highest BCUT2D eigenvalue weighted by molar-refractivity contribution is 6.04. The van der Waals surface area contributed by atoms with Gasteiger partial charge in [-0.05, 0) is 49.7 Å². The quantitative estimate of drug-likeness (QED) is 0.777. The molecule has 4 nitrogen and oxygen atoms in total. The lowest BCUT2D eigenvalue weighted by atomic mass is 10.0. The van der Waals surface area contributed by atoms with E-state index in [0.717, 1.165) is 28.8 Å². The average Bonchev–Trinajstić information content (AvgIpc) is 3.34. The van der Waals surface area contributed by atoms with Gasteiger partial charge in [0.15, 0.2) is 0 Å². The number of carbonyl (C=O) groups excluding carboxylic acids is 1. The molecule has 1 amide bonds. The molecule has 2 aromatic carbocycles. The van der Waals surface area contributed by atoms with Gasteiger partial charge in [-0.1, -0.05) is 0 Å². The third kappa shape index (κ3) is 3.33.